The van der Waals surface area contributed by atoms with Crippen LogP contribution >= 0.6 is 0 Å². The molecule has 0 radical (unpaired) electrons. The Labute approximate surface area is 118 Å². The van der Waals surface area contributed by atoms with Crippen molar-refractivity contribution in [2.45, 2.75) is 19.8 Å². The number of carbonyl (C=O) groups is 1. The average Bonchev–Trinajstić information content (AvgIpc) is 2.47. The molecule has 0 spiro atoms. The van der Waals surface area contributed by atoms with Crippen molar-refractivity contribution in [2.75, 3.05) is 7.11 Å². The zero-order chi connectivity index (χ0) is 14.5. The molecule has 2 aromatic rings. The van der Waals surface area contributed by atoms with Gasteiger partial charge in [0.15, 0.2) is 5.78 Å². The molecule has 3 heteroatoms. The van der Waals surface area contributed by atoms with Crippen LogP contribution in [0.25, 0.3) is 0 Å². The molecule has 104 valence electrons. The molecular formula is C17H17FO2. The summed E-state index contributed by atoms with van der Waals surface area (Å²) in [5.74, 6) is -0.649. The maximum Gasteiger partial charge on any atom is 0.199 e. The summed E-state index contributed by atoms with van der Waals surface area (Å²) in [6, 6.07) is 11.7. The molecule has 0 aliphatic rings. The number of hydrogen-bond acceptors (Lipinski definition) is 2. The first kappa shape index (κ1) is 14.3. The van der Waals surface area contributed by atoms with Crippen molar-refractivity contribution in [3.63, 3.8) is 0 Å². The zero-order valence-electron chi connectivity index (χ0n) is 11.7. The molecule has 0 N–H and O–H groups in total. The number of hydrogen-bond donors (Lipinski definition) is 0. The summed E-state index contributed by atoms with van der Waals surface area (Å²) >= 11 is 0. The normalized spacial score (nSPS) is 10.3. The van der Waals surface area contributed by atoms with Gasteiger partial charge in [0, 0.05) is 5.56 Å². The largest absolute Gasteiger partial charge is 0.496 e. The molecule has 0 atom stereocenters. The third-order valence-electron chi connectivity index (χ3n) is 3.15. The smallest absolute Gasteiger partial charge is 0.199 e. The molecule has 0 amide bonds. The van der Waals surface area contributed by atoms with Crippen molar-refractivity contribution in [2.24, 2.45) is 0 Å². The molecule has 2 rings (SSSR count). The van der Waals surface area contributed by atoms with Gasteiger partial charge in [-0.2, -0.15) is 0 Å². The van der Waals surface area contributed by atoms with E-state index in [1.807, 2.05) is 18.2 Å². The number of rotatable bonds is 5. The lowest BCUT2D eigenvalue weighted by Gasteiger charge is -2.09. The fourth-order valence-electron chi connectivity index (χ4n) is 2.20. The summed E-state index contributed by atoms with van der Waals surface area (Å²) in [6.45, 7) is 2.08. The maximum absolute atomic E-state index is 13.9. The van der Waals surface area contributed by atoms with Crippen LogP contribution in [0.15, 0.2) is 42.5 Å². The van der Waals surface area contributed by atoms with Crippen molar-refractivity contribution in [3.05, 3.63) is 65.0 Å². The van der Waals surface area contributed by atoms with Gasteiger partial charge in [-0.25, -0.2) is 4.39 Å². The molecule has 0 unspecified atom stereocenters. The third-order valence-corrected chi connectivity index (χ3v) is 3.15. The fraction of sp³-hybridized carbons (Fsp3) is 0.235. The van der Waals surface area contributed by atoms with E-state index >= 15 is 0 Å². The van der Waals surface area contributed by atoms with Crippen LogP contribution in [0.5, 0.6) is 5.75 Å². The quantitative estimate of drug-likeness (QED) is 0.768. The number of carbonyl (C=O) groups excluding carboxylic acids is 1. The Morgan fingerprint density at radius 3 is 2.65 bits per heavy atom. The lowest BCUT2D eigenvalue weighted by Crippen LogP contribution is -2.07. The molecule has 0 saturated carbocycles. The van der Waals surface area contributed by atoms with E-state index < -0.39 is 5.82 Å². The second kappa shape index (κ2) is 6.33. The Morgan fingerprint density at radius 1 is 1.20 bits per heavy atom. The van der Waals surface area contributed by atoms with Crippen LogP contribution in [0.3, 0.4) is 0 Å². The van der Waals surface area contributed by atoms with Gasteiger partial charge < -0.3 is 4.74 Å². The number of ketones is 1. The molecule has 0 fully saturated rings. The van der Waals surface area contributed by atoms with Gasteiger partial charge in [-0.3, -0.25) is 4.79 Å². The average molecular weight is 272 g/mol. The maximum atomic E-state index is 13.9. The van der Waals surface area contributed by atoms with E-state index in [0.717, 1.165) is 18.4 Å². The Morgan fingerprint density at radius 2 is 1.95 bits per heavy atom. The van der Waals surface area contributed by atoms with Crippen molar-refractivity contribution in [1.29, 1.82) is 0 Å². The molecule has 0 aliphatic carbocycles. The standard InChI is InChI=1S/C17H17FO2/c1-3-6-12-7-4-8-13(11-12)17(19)16-14(18)9-5-10-15(16)20-2/h4-5,7-11H,3,6H2,1-2H3. The molecule has 0 bridgehead atoms. The van der Waals surface area contributed by atoms with E-state index in [9.17, 15) is 9.18 Å². The number of benzene rings is 2. The first-order chi connectivity index (χ1) is 9.67. The molecule has 0 saturated heterocycles. The van der Waals surface area contributed by atoms with Crippen molar-refractivity contribution < 1.29 is 13.9 Å². The van der Waals surface area contributed by atoms with Gasteiger partial charge in [0.2, 0.25) is 0 Å². The van der Waals surface area contributed by atoms with Gasteiger partial charge >= 0.3 is 0 Å². The molecule has 2 nitrogen and oxygen atoms in total. The van der Waals surface area contributed by atoms with Crippen LogP contribution in [-0.4, -0.2) is 12.9 Å². The molecule has 0 aliphatic heterocycles. The Kier molecular flexibility index (Phi) is 4.51. The van der Waals surface area contributed by atoms with E-state index in [2.05, 4.69) is 6.92 Å². The minimum Gasteiger partial charge on any atom is -0.496 e. The molecule has 0 aromatic heterocycles. The van der Waals surface area contributed by atoms with E-state index in [1.54, 1.807) is 12.1 Å². The van der Waals surface area contributed by atoms with Crippen LogP contribution < -0.4 is 4.74 Å². The first-order valence-electron chi connectivity index (χ1n) is 6.63. The summed E-state index contributed by atoms with van der Waals surface area (Å²) in [7, 11) is 1.43. The SMILES string of the molecule is CCCc1cccc(C(=O)c2c(F)cccc2OC)c1. The summed E-state index contributed by atoms with van der Waals surface area (Å²) in [5.41, 5.74) is 1.55. The monoisotopic (exact) mass is 272 g/mol. The minimum atomic E-state index is -0.560. The lowest BCUT2D eigenvalue weighted by molar-refractivity contribution is 0.103. The fourth-order valence-corrected chi connectivity index (χ4v) is 2.20. The van der Waals surface area contributed by atoms with Crippen molar-refractivity contribution in [1.82, 2.24) is 0 Å². The van der Waals surface area contributed by atoms with Crippen LogP contribution in [0, 0.1) is 5.82 Å². The van der Waals surface area contributed by atoms with E-state index in [1.165, 1.54) is 19.2 Å². The lowest BCUT2D eigenvalue weighted by atomic mass is 9.99. The Hall–Kier alpha value is -2.16. The van der Waals surface area contributed by atoms with Gasteiger partial charge in [0.1, 0.15) is 17.1 Å². The number of methoxy groups -OCH3 is 1. The minimum absolute atomic E-state index is 0.0105. The topological polar surface area (TPSA) is 26.3 Å². The molecule has 0 heterocycles. The highest BCUT2D eigenvalue weighted by Gasteiger charge is 2.19. The van der Waals surface area contributed by atoms with Crippen molar-refractivity contribution >= 4 is 5.78 Å². The van der Waals surface area contributed by atoms with E-state index in [0.29, 0.717) is 5.56 Å². The van der Waals surface area contributed by atoms with Crippen LogP contribution in [0.4, 0.5) is 4.39 Å². The Balaban J connectivity index is 2.43. The number of halogens is 1. The molecule has 20 heavy (non-hydrogen) atoms. The van der Waals surface area contributed by atoms with Gasteiger partial charge in [0.25, 0.3) is 0 Å². The van der Waals surface area contributed by atoms with Gasteiger partial charge in [-0.1, -0.05) is 37.6 Å². The molecular weight excluding hydrogens is 255 g/mol. The highest BCUT2D eigenvalue weighted by Crippen LogP contribution is 2.24. The van der Waals surface area contributed by atoms with Gasteiger partial charge in [-0.15, -0.1) is 0 Å². The highest BCUT2D eigenvalue weighted by atomic mass is 19.1. The second-order valence-electron chi connectivity index (χ2n) is 4.60. The molecule has 2 aromatic carbocycles. The Bertz CT molecular complexity index is 620. The van der Waals surface area contributed by atoms with Crippen LogP contribution in [0.2, 0.25) is 0 Å². The highest BCUT2D eigenvalue weighted by molar-refractivity contribution is 6.11. The number of aryl methyl sites for hydroxylation is 1. The van der Waals surface area contributed by atoms with E-state index in [4.69, 9.17) is 4.74 Å². The summed E-state index contributed by atoms with van der Waals surface area (Å²) in [6.07, 6.45) is 1.90. The summed E-state index contributed by atoms with van der Waals surface area (Å²) in [5, 5.41) is 0. The zero-order valence-corrected chi connectivity index (χ0v) is 11.7. The second-order valence-corrected chi connectivity index (χ2v) is 4.60. The van der Waals surface area contributed by atoms with Crippen molar-refractivity contribution in [3.8, 4) is 5.75 Å². The summed E-state index contributed by atoms with van der Waals surface area (Å²) in [4.78, 5) is 12.5. The van der Waals surface area contributed by atoms with E-state index in [-0.39, 0.29) is 17.1 Å². The van der Waals surface area contributed by atoms with Gasteiger partial charge in [0.05, 0.1) is 7.11 Å². The van der Waals surface area contributed by atoms with Crippen LogP contribution in [-0.2, 0) is 6.42 Å². The predicted octanol–water partition coefficient (Wildman–Crippen LogP) is 4.02. The number of ether oxygens (including phenoxy) is 1. The predicted molar refractivity (Wildman–Crippen MR) is 76.8 cm³/mol. The van der Waals surface area contributed by atoms with Gasteiger partial charge in [-0.05, 0) is 30.2 Å². The summed E-state index contributed by atoms with van der Waals surface area (Å²) < 4.78 is 19.0. The first-order valence-corrected chi connectivity index (χ1v) is 6.63. The van der Waals surface area contributed by atoms with Crippen LogP contribution in [0.1, 0.15) is 34.8 Å². The third kappa shape index (κ3) is 2.87.